The summed E-state index contributed by atoms with van der Waals surface area (Å²) in [6.45, 7) is 4.06. The van der Waals surface area contributed by atoms with Crippen LogP contribution in [0.3, 0.4) is 0 Å². The van der Waals surface area contributed by atoms with Crippen molar-refractivity contribution in [3.8, 4) is 0 Å². The highest BCUT2D eigenvalue weighted by Crippen LogP contribution is 2.59. The molecule has 0 aromatic rings. The number of nitrogens with one attached hydrogen (secondary N) is 1. The van der Waals surface area contributed by atoms with Gasteiger partial charge in [-0.05, 0) is 44.1 Å². The monoisotopic (exact) mass is 367 g/mol. The number of nitrogens with zero attached hydrogens (tertiary/aromatic N) is 2. The van der Waals surface area contributed by atoms with Gasteiger partial charge in [-0.3, -0.25) is 14.5 Å². The van der Waals surface area contributed by atoms with Crippen LogP contribution in [0.25, 0.3) is 0 Å². The summed E-state index contributed by atoms with van der Waals surface area (Å²) in [5.74, 6) is -0.920. The van der Waals surface area contributed by atoms with Crippen molar-refractivity contribution in [2.75, 3.05) is 33.3 Å². The summed E-state index contributed by atoms with van der Waals surface area (Å²) < 4.78 is 4.84. The molecule has 0 aromatic carbocycles. The minimum absolute atomic E-state index is 0.0133. The van der Waals surface area contributed by atoms with E-state index >= 15 is 0 Å². The average Bonchev–Trinajstić information content (AvgIpc) is 3.28. The maximum Gasteiger partial charge on any atom is 0.317 e. The largest absolute Gasteiger partial charge is 0.480 e. The highest BCUT2D eigenvalue weighted by molar-refractivity contribution is 5.77. The maximum atomic E-state index is 12.4. The van der Waals surface area contributed by atoms with Gasteiger partial charge in [-0.15, -0.1) is 0 Å². The number of aliphatic carboxylic acids is 1. The van der Waals surface area contributed by atoms with E-state index in [1.165, 1.54) is 7.11 Å². The molecule has 1 saturated heterocycles. The number of rotatable bonds is 6. The van der Waals surface area contributed by atoms with Crippen LogP contribution in [-0.2, 0) is 14.3 Å². The number of methoxy groups -OCH3 is 1. The zero-order chi connectivity index (χ0) is 18.9. The lowest BCUT2D eigenvalue weighted by molar-refractivity contribution is -0.143. The van der Waals surface area contributed by atoms with E-state index in [1.807, 2.05) is 16.7 Å². The van der Waals surface area contributed by atoms with E-state index in [1.54, 1.807) is 0 Å². The fraction of sp³-hybridized carbons (Fsp3) is 0.833. The molecule has 3 fully saturated rings. The number of amides is 2. The summed E-state index contributed by atoms with van der Waals surface area (Å²) in [6, 6.07) is 0.313. The van der Waals surface area contributed by atoms with Gasteiger partial charge >= 0.3 is 18.0 Å². The van der Waals surface area contributed by atoms with Crippen LogP contribution in [0.5, 0.6) is 0 Å². The Kier molecular flexibility index (Phi) is 5.41. The number of likely N-dealkylation sites (N-methyl/N-ethyl adjacent to an activating group) is 1. The lowest BCUT2D eigenvalue weighted by Gasteiger charge is -2.43. The number of hydrogen-bond acceptors (Lipinski definition) is 5. The Labute approximate surface area is 153 Å². The van der Waals surface area contributed by atoms with E-state index < -0.39 is 5.97 Å². The summed E-state index contributed by atoms with van der Waals surface area (Å²) in [5.41, 5.74) is 0.0594. The smallest absolute Gasteiger partial charge is 0.317 e. The second-order valence-electron chi connectivity index (χ2n) is 7.86. The molecule has 2 amide bonds. The molecule has 8 nitrogen and oxygen atoms in total. The fourth-order valence-corrected chi connectivity index (χ4v) is 4.47. The van der Waals surface area contributed by atoms with E-state index in [2.05, 4.69) is 5.32 Å². The van der Waals surface area contributed by atoms with Crippen molar-refractivity contribution >= 4 is 18.0 Å². The van der Waals surface area contributed by atoms with Crippen molar-refractivity contribution in [2.45, 2.75) is 51.1 Å². The van der Waals surface area contributed by atoms with Crippen LogP contribution in [0.15, 0.2) is 0 Å². The molecule has 2 saturated carbocycles. The normalized spacial score (nSPS) is 29.2. The second kappa shape index (κ2) is 7.42. The number of carbonyl (C=O) groups excluding carboxylic acids is 2. The van der Waals surface area contributed by atoms with Gasteiger partial charge in [0.1, 0.15) is 0 Å². The average molecular weight is 367 g/mol. The number of urea groups is 1. The Balaban J connectivity index is 1.38. The van der Waals surface area contributed by atoms with E-state index in [9.17, 15) is 14.4 Å². The van der Waals surface area contributed by atoms with Crippen LogP contribution in [0.2, 0.25) is 0 Å². The summed E-state index contributed by atoms with van der Waals surface area (Å²) in [4.78, 5) is 38.8. The first-order valence-corrected chi connectivity index (χ1v) is 9.47. The molecule has 3 aliphatic rings. The second-order valence-corrected chi connectivity index (χ2v) is 7.86. The Morgan fingerprint density at radius 2 is 1.92 bits per heavy atom. The molecule has 1 aliphatic heterocycles. The number of esters is 1. The minimum atomic E-state index is -0.813. The maximum absolute atomic E-state index is 12.4. The molecule has 0 radical (unpaired) electrons. The van der Waals surface area contributed by atoms with Crippen LogP contribution < -0.4 is 5.32 Å². The van der Waals surface area contributed by atoms with Crippen molar-refractivity contribution in [3.05, 3.63) is 0 Å². The first-order chi connectivity index (χ1) is 12.4. The predicted octanol–water partition coefficient (Wildman–Crippen LogP) is 0.909. The Morgan fingerprint density at radius 3 is 2.46 bits per heavy atom. The van der Waals surface area contributed by atoms with Crippen LogP contribution in [0.4, 0.5) is 4.79 Å². The third-order valence-electron chi connectivity index (χ3n) is 6.42. The van der Waals surface area contributed by atoms with Gasteiger partial charge in [0, 0.05) is 25.2 Å². The first kappa shape index (κ1) is 18.9. The van der Waals surface area contributed by atoms with Gasteiger partial charge in [0.2, 0.25) is 0 Å². The summed E-state index contributed by atoms with van der Waals surface area (Å²) in [7, 11) is 1.43. The number of likely N-dealkylation sites (tertiary alicyclic amines) is 1. The van der Waals surface area contributed by atoms with E-state index in [4.69, 9.17) is 9.84 Å². The standard InChI is InChI=1S/C18H29N3O5/c1-3-20(11-15(22)23)13-8-12(9-13)19-17(25)21-6-4-18(5-7-21)10-14(18)16(24)26-2/h12-14H,3-11H2,1-2H3,(H,19,25)(H,22,23). The topological polar surface area (TPSA) is 99.2 Å². The molecule has 146 valence electrons. The lowest BCUT2D eigenvalue weighted by Crippen LogP contribution is -2.57. The quantitative estimate of drug-likeness (QED) is 0.677. The molecule has 2 aliphatic carbocycles. The third-order valence-corrected chi connectivity index (χ3v) is 6.42. The van der Waals surface area contributed by atoms with Gasteiger partial charge in [-0.2, -0.15) is 0 Å². The molecule has 26 heavy (non-hydrogen) atoms. The Morgan fingerprint density at radius 1 is 1.27 bits per heavy atom. The van der Waals surface area contributed by atoms with E-state index in [-0.39, 0.29) is 42.0 Å². The molecule has 2 N–H and O–H groups in total. The number of carboxylic acids is 1. The van der Waals surface area contributed by atoms with E-state index in [0.717, 1.165) is 32.1 Å². The molecular weight excluding hydrogens is 338 g/mol. The van der Waals surface area contributed by atoms with Crippen molar-refractivity contribution < 1.29 is 24.2 Å². The molecule has 3 rings (SSSR count). The fourth-order valence-electron chi connectivity index (χ4n) is 4.47. The van der Waals surface area contributed by atoms with Crippen LogP contribution >= 0.6 is 0 Å². The third kappa shape index (κ3) is 3.79. The molecule has 1 heterocycles. The highest BCUT2D eigenvalue weighted by Gasteiger charge is 2.59. The predicted molar refractivity (Wildman–Crippen MR) is 93.6 cm³/mol. The molecule has 1 unspecified atom stereocenters. The zero-order valence-electron chi connectivity index (χ0n) is 15.6. The van der Waals surface area contributed by atoms with Gasteiger partial charge in [-0.25, -0.2) is 4.79 Å². The van der Waals surface area contributed by atoms with Gasteiger partial charge in [0.25, 0.3) is 0 Å². The van der Waals surface area contributed by atoms with Crippen molar-refractivity contribution in [2.24, 2.45) is 11.3 Å². The van der Waals surface area contributed by atoms with E-state index in [0.29, 0.717) is 19.6 Å². The first-order valence-electron chi connectivity index (χ1n) is 9.47. The van der Waals surface area contributed by atoms with Gasteiger partial charge in [0.05, 0.1) is 19.6 Å². The molecule has 8 heteroatoms. The molecule has 0 bridgehead atoms. The van der Waals surface area contributed by atoms with Crippen molar-refractivity contribution in [1.29, 1.82) is 0 Å². The molecule has 0 aromatic heterocycles. The lowest BCUT2D eigenvalue weighted by atomic mass is 9.85. The summed E-state index contributed by atoms with van der Waals surface area (Å²) >= 11 is 0. The van der Waals surface area contributed by atoms with Crippen LogP contribution in [0, 0.1) is 11.3 Å². The zero-order valence-corrected chi connectivity index (χ0v) is 15.6. The van der Waals surface area contributed by atoms with Gasteiger partial charge in [-0.1, -0.05) is 6.92 Å². The highest BCUT2D eigenvalue weighted by atomic mass is 16.5. The van der Waals surface area contributed by atoms with Gasteiger partial charge < -0.3 is 20.1 Å². The molecule has 1 spiro atoms. The number of ether oxygens (including phenoxy) is 1. The number of hydrogen-bond donors (Lipinski definition) is 2. The van der Waals surface area contributed by atoms with Crippen molar-refractivity contribution in [1.82, 2.24) is 15.1 Å². The van der Waals surface area contributed by atoms with Crippen LogP contribution in [0.1, 0.15) is 39.0 Å². The summed E-state index contributed by atoms with van der Waals surface area (Å²) in [6.07, 6.45) is 4.20. The molecular formula is C18H29N3O5. The molecule has 1 atom stereocenters. The SMILES string of the molecule is CCN(CC(=O)O)C1CC(NC(=O)N2CCC3(CC2)CC3C(=O)OC)C1. The van der Waals surface area contributed by atoms with Crippen molar-refractivity contribution in [3.63, 3.8) is 0 Å². The van der Waals surface area contributed by atoms with Gasteiger partial charge in [0.15, 0.2) is 0 Å². The number of carbonyl (C=O) groups is 3. The number of piperidine rings is 1. The Bertz CT molecular complexity index is 567. The Hall–Kier alpha value is -1.83. The summed E-state index contributed by atoms with van der Waals surface area (Å²) in [5, 5.41) is 12.0. The van der Waals surface area contributed by atoms with Crippen LogP contribution in [-0.4, -0.2) is 78.2 Å². The minimum Gasteiger partial charge on any atom is -0.480 e. The number of carboxylic acid groups (broad SMARTS) is 1.